The molecule has 0 aliphatic heterocycles. The van der Waals surface area contributed by atoms with E-state index in [0.29, 0.717) is 0 Å². The number of nitrogens with one attached hydrogen (secondary N) is 1. The predicted molar refractivity (Wildman–Crippen MR) is 91.5 cm³/mol. The van der Waals surface area contributed by atoms with Crippen LogP contribution in [0.15, 0.2) is 48.8 Å². The molecule has 120 valence electrons. The van der Waals surface area contributed by atoms with Crippen LogP contribution in [0.25, 0.3) is 11.1 Å². The van der Waals surface area contributed by atoms with Gasteiger partial charge in [-0.1, -0.05) is 24.3 Å². The Hall–Kier alpha value is -2.20. The third-order valence-electron chi connectivity index (χ3n) is 4.63. The second kappa shape index (κ2) is 6.92. The van der Waals surface area contributed by atoms with Crippen molar-refractivity contribution in [2.45, 2.75) is 38.3 Å². The molecule has 1 fully saturated rings. The van der Waals surface area contributed by atoms with Gasteiger partial charge in [0.1, 0.15) is 0 Å². The summed E-state index contributed by atoms with van der Waals surface area (Å²) in [5.74, 6) is 0.201. The van der Waals surface area contributed by atoms with Crippen LogP contribution in [0.1, 0.15) is 37.8 Å². The van der Waals surface area contributed by atoms with Crippen LogP contribution in [0.4, 0.5) is 0 Å². The Labute approximate surface area is 137 Å². The second-order valence-corrected chi connectivity index (χ2v) is 6.36. The van der Waals surface area contributed by atoms with Gasteiger partial charge < -0.3 is 11.1 Å². The molecule has 0 spiro atoms. The smallest absolute Gasteiger partial charge is 0.223 e. The minimum absolute atomic E-state index is 0.00538. The topological polar surface area (TPSA) is 68.0 Å². The van der Waals surface area contributed by atoms with Crippen molar-refractivity contribution in [1.29, 1.82) is 0 Å². The number of amides is 1. The largest absolute Gasteiger partial charge is 0.349 e. The predicted octanol–water partition coefficient (Wildman–Crippen LogP) is 3.05. The highest BCUT2D eigenvalue weighted by Crippen LogP contribution is 2.26. The maximum absolute atomic E-state index is 12.3. The summed E-state index contributed by atoms with van der Waals surface area (Å²) in [6, 6.07) is 12.5. The molecule has 1 amide bonds. The molecule has 4 heteroatoms. The van der Waals surface area contributed by atoms with Gasteiger partial charge in [-0.15, -0.1) is 0 Å². The highest BCUT2D eigenvalue weighted by molar-refractivity contribution is 5.79. The number of hydrogen-bond acceptors (Lipinski definition) is 3. The molecule has 0 radical (unpaired) electrons. The van der Waals surface area contributed by atoms with Crippen molar-refractivity contribution in [1.82, 2.24) is 10.3 Å². The fourth-order valence-corrected chi connectivity index (χ4v) is 3.18. The van der Waals surface area contributed by atoms with Crippen LogP contribution in [0.2, 0.25) is 0 Å². The van der Waals surface area contributed by atoms with Crippen molar-refractivity contribution >= 4 is 5.91 Å². The molecule has 1 aliphatic carbocycles. The number of aromatic nitrogens is 1. The van der Waals surface area contributed by atoms with Gasteiger partial charge in [0.05, 0.1) is 6.04 Å². The monoisotopic (exact) mass is 309 g/mol. The zero-order chi connectivity index (χ0) is 16.2. The first-order valence-corrected chi connectivity index (χ1v) is 8.20. The van der Waals surface area contributed by atoms with Gasteiger partial charge in [0, 0.05) is 24.4 Å². The third-order valence-corrected chi connectivity index (χ3v) is 4.63. The summed E-state index contributed by atoms with van der Waals surface area (Å²) < 4.78 is 0. The van der Waals surface area contributed by atoms with Gasteiger partial charge in [-0.05, 0) is 55.0 Å². The fourth-order valence-electron chi connectivity index (χ4n) is 3.18. The van der Waals surface area contributed by atoms with Crippen LogP contribution in [-0.2, 0) is 4.79 Å². The van der Waals surface area contributed by atoms with E-state index < -0.39 is 0 Å². The fraction of sp³-hybridized carbons (Fsp3) is 0.368. The number of carbonyl (C=O) groups excluding carboxylic acids is 1. The van der Waals surface area contributed by atoms with Gasteiger partial charge in [-0.2, -0.15) is 0 Å². The molecule has 4 nitrogen and oxygen atoms in total. The summed E-state index contributed by atoms with van der Waals surface area (Å²) in [5.41, 5.74) is 9.29. The van der Waals surface area contributed by atoms with Crippen molar-refractivity contribution < 1.29 is 4.79 Å². The van der Waals surface area contributed by atoms with Crippen LogP contribution < -0.4 is 11.1 Å². The molecule has 1 heterocycles. The highest BCUT2D eigenvalue weighted by atomic mass is 16.1. The summed E-state index contributed by atoms with van der Waals surface area (Å²) in [6.45, 7) is 2.02. The molecule has 1 aromatic heterocycles. The summed E-state index contributed by atoms with van der Waals surface area (Å²) in [7, 11) is 0. The third kappa shape index (κ3) is 3.77. The number of pyridine rings is 1. The number of nitrogens with two attached hydrogens (primary N) is 1. The molecule has 1 aromatic carbocycles. The van der Waals surface area contributed by atoms with E-state index in [0.717, 1.165) is 36.0 Å². The quantitative estimate of drug-likeness (QED) is 0.912. The molecule has 3 rings (SSSR count). The molecule has 0 bridgehead atoms. The molecule has 3 N–H and O–H groups in total. The van der Waals surface area contributed by atoms with Crippen LogP contribution in [-0.4, -0.2) is 16.9 Å². The van der Waals surface area contributed by atoms with Crippen molar-refractivity contribution in [2.24, 2.45) is 11.7 Å². The number of hydrogen-bond donors (Lipinski definition) is 2. The zero-order valence-corrected chi connectivity index (χ0v) is 13.4. The Kier molecular flexibility index (Phi) is 4.72. The van der Waals surface area contributed by atoms with Gasteiger partial charge in [-0.25, -0.2) is 0 Å². The van der Waals surface area contributed by atoms with E-state index in [9.17, 15) is 4.79 Å². The first kappa shape index (κ1) is 15.7. The van der Waals surface area contributed by atoms with Gasteiger partial charge in [-0.3, -0.25) is 9.78 Å². The molecule has 0 saturated heterocycles. The van der Waals surface area contributed by atoms with E-state index in [1.165, 1.54) is 0 Å². The van der Waals surface area contributed by atoms with E-state index in [1.54, 1.807) is 12.4 Å². The SMILES string of the molecule is CC(NC(=O)C1CCC(N)C1)c1ccc(-c2ccncc2)cc1. The number of nitrogens with zero attached hydrogens (tertiary/aromatic N) is 1. The van der Waals surface area contributed by atoms with Gasteiger partial charge >= 0.3 is 0 Å². The van der Waals surface area contributed by atoms with Crippen LogP contribution in [0, 0.1) is 5.92 Å². The van der Waals surface area contributed by atoms with Crippen molar-refractivity contribution in [3.05, 3.63) is 54.4 Å². The number of rotatable bonds is 4. The molecular formula is C19H23N3O. The maximum Gasteiger partial charge on any atom is 0.223 e. The Morgan fingerprint density at radius 2 is 1.78 bits per heavy atom. The molecule has 23 heavy (non-hydrogen) atoms. The Balaban J connectivity index is 1.64. The number of carbonyl (C=O) groups is 1. The lowest BCUT2D eigenvalue weighted by Gasteiger charge is -2.18. The van der Waals surface area contributed by atoms with Crippen LogP contribution in [0.3, 0.4) is 0 Å². The standard InChI is InChI=1S/C19H23N3O/c1-13(22-19(23)17-6-7-18(20)12-17)14-2-4-15(5-3-14)16-8-10-21-11-9-16/h2-5,8-11,13,17-18H,6-7,12,20H2,1H3,(H,22,23). The van der Waals surface area contributed by atoms with E-state index >= 15 is 0 Å². The Bertz CT molecular complexity index is 654. The van der Waals surface area contributed by atoms with Gasteiger partial charge in [0.15, 0.2) is 0 Å². The van der Waals surface area contributed by atoms with Gasteiger partial charge in [0.25, 0.3) is 0 Å². The minimum Gasteiger partial charge on any atom is -0.349 e. The molecular weight excluding hydrogens is 286 g/mol. The van der Waals surface area contributed by atoms with Crippen molar-refractivity contribution in [2.75, 3.05) is 0 Å². The van der Waals surface area contributed by atoms with Gasteiger partial charge in [0.2, 0.25) is 5.91 Å². The average molecular weight is 309 g/mol. The molecule has 3 unspecified atom stereocenters. The summed E-state index contributed by atoms with van der Waals surface area (Å²) >= 11 is 0. The lowest BCUT2D eigenvalue weighted by molar-refractivity contribution is -0.125. The Morgan fingerprint density at radius 3 is 2.39 bits per heavy atom. The van der Waals surface area contributed by atoms with E-state index in [2.05, 4.69) is 34.6 Å². The second-order valence-electron chi connectivity index (χ2n) is 6.36. The van der Waals surface area contributed by atoms with E-state index in [1.807, 2.05) is 19.1 Å². The molecule has 3 atom stereocenters. The number of benzene rings is 1. The van der Waals surface area contributed by atoms with E-state index in [-0.39, 0.29) is 23.9 Å². The van der Waals surface area contributed by atoms with Crippen LogP contribution >= 0.6 is 0 Å². The summed E-state index contributed by atoms with van der Waals surface area (Å²) in [6.07, 6.45) is 6.24. The first-order valence-electron chi connectivity index (χ1n) is 8.20. The Morgan fingerprint density at radius 1 is 1.13 bits per heavy atom. The van der Waals surface area contributed by atoms with Crippen molar-refractivity contribution in [3.63, 3.8) is 0 Å². The lowest BCUT2D eigenvalue weighted by Crippen LogP contribution is -2.32. The van der Waals surface area contributed by atoms with Crippen molar-refractivity contribution in [3.8, 4) is 11.1 Å². The maximum atomic E-state index is 12.3. The highest BCUT2D eigenvalue weighted by Gasteiger charge is 2.28. The zero-order valence-electron chi connectivity index (χ0n) is 13.4. The summed E-state index contributed by atoms with van der Waals surface area (Å²) in [4.78, 5) is 16.3. The lowest BCUT2D eigenvalue weighted by atomic mass is 10.0. The first-order chi connectivity index (χ1) is 11.1. The molecule has 1 saturated carbocycles. The minimum atomic E-state index is 0.00538. The van der Waals surface area contributed by atoms with E-state index in [4.69, 9.17) is 5.73 Å². The molecule has 1 aliphatic rings. The average Bonchev–Trinajstić information content (AvgIpc) is 3.02. The summed E-state index contributed by atoms with van der Waals surface area (Å²) in [5, 5.41) is 3.11. The molecule has 2 aromatic rings. The normalized spacial score (nSPS) is 21.8. The van der Waals surface area contributed by atoms with Crippen LogP contribution in [0.5, 0.6) is 0 Å².